The van der Waals surface area contributed by atoms with Crippen molar-refractivity contribution < 1.29 is 9.59 Å². The third-order valence-corrected chi connectivity index (χ3v) is 2.51. The molecule has 0 aromatic heterocycles. The zero-order valence-corrected chi connectivity index (χ0v) is 9.14. The Morgan fingerprint density at radius 2 is 1.76 bits per heavy atom. The Morgan fingerprint density at radius 1 is 1.06 bits per heavy atom. The lowest BCUT2D eigenvalue weighted by molar-refractivity contribution is 0.0994. The fourth-order valence-corrected chi connectivity index (χ4v) is 1.73. The molecule has 0 heterocycles. The molecule has 0 radical (unpaired) electrons. The Labute approximate surface area is 98.4 Å². The van der Waals surface area contributed by atoms with Gasteiger partial charge in [0.05, 0.1) is 6.54 Å². The van der Waals surface area contributed by atoms with E-state index in [0.717, 1.165) is 10.8 Å². The van der Waals surface area contributed by atoms with Crippen LogP contribution < -0.4 is 11.1 Å². The minimum atomic E-state index is -0.696. The molecule has 0 spiro atoms. The normalized spacial score (nSPS) is 10.1. The monoisotopic (exact) mass is 228 g/mol. The number of hydrogen-bond donors (Lipinski definition) is 2. The van der Waals surface area contributed by atoms with Crippen LogP contribution in [0.15, 0.2) is 42.5 Å². The Balaban J connectivity index is 2.35. The van der Waals surface area contributed by atoms with Crippen molar-refractivity contribution in [3.63, 3.8) is 0 Å². The lowest BCUT2D eigenvalue weighted by atomic mass is 10.0. The van der Waals surface area contributed by atoms with E-state index in [1.54, 1.807) is 6.07 Å². The van der Waals surface area contributed by atoms with Crippen LogP contribution in [0.1, 0.15) is 10.4 Å². The van der Waals surface area contributed by atoms with E-state index in [1.807, 2.05) is 36.4 Å². The summed E-state index contributed by atoms with van der Waals surface area (Å²) in [5, 5.41) is 4.18. The summed E-state index contributed by atoms with van der Waals surface area (Å²) in [6.45, 7) is -0.0800. The first-order chi connectivity index (χ1) is 8.18. The van der Waals surface area contributed by atoms with Gasteiger partial charge in [0, 0.05) is 5.56 Å². The Bertz CT molecular complexity index is 573. The van der Waals surface area contributed by atoms with Crippen molar-refractivity contribution in [3.05, 3.63) is 48.0 Å². The molecule has 0 aliphatic rings. The number of benzene rings is 2. The number of rotatable bonds is 3. The summed E-state index contributed by atoms with van der Waals surface area (Å²) in [6, 6.07) is 12.4. The van der Waals surface area contributed by atoms with Gasteiger partial charge in [-0.1, -0.05) is 42.5 Å². The van der Waals surface area contributed by atoms with Crippen LogP contribution in [0.5, 0.6) is 0 Å². The summed E-state index contributed by atoms with van der Waals surface area (Å²) < 4.78 is 0. The zero-order chi connectivity index (χ0) is 12.3. The van der Waals surface area contributed by atoms with Gasteiger partial charge in [0.1, 0.15) is 0 Å². The quantitative estimate of drug-likeness (QED) is 0.784. The molecule has 0 saturated heterocycles. The van der Waals surface area contributed by atoms with Crippen molar-refractivity contribution in [1.29, 1.82) is 0 Å². The first-order valence-electron chi connectivity index (χ1n) is 5.23. The number of fused-ring (bicyclic) bond motifs is 1. The number of nitrogens with two attached hydrogens (primary N) is 1. The van der Waals surface area contributed by atoms with Crippen LogP contribution in [0, 0.1) is 0 Å². The second kappa shape index (κ2) is 4.65. The molecule has 2 aromatic rings. The molecule has 3 N–H and O–H groups in total. The smallest absolute Gasteiger partial charge is 0.312 e. The molecular weight excluding hydrogens is 216 g/mol. The molecule has 0 unspecified atom stereocenters. The summed E-state index contributed by atoms with van der Waals surface area (Å²) in [4.78, 5) is 22.5. The summed E-state index contributed by atoms with van der Waals surface area (Å²) in [5.74, 6) is -0.152. The number of nitrogens with one attached hydrogen (secondary N) is 1. The predicted octanol–water partition coefficient (Wildman–Crippen LogP) is 1.69. The molecule has 0 aliphatic heterocycles. The number of urea groups is 1. The topological polar surface area (TPSA) is 72.2 Å². The molecule has 86 valence electrons. The highest BCUT2D eigenvalue weighted by atomic mass is 16.2. The molecule has 2 rings (SSSR count). The highest BCUT2D eigenvalue weighted by molar-refractivity contribution is 6.09. The molecule has 2 aromatic carbocycles. The van der Waals surface area contributed by atoms with Crippen LogP contribution in [-0.2, 0) is 0 Å². The maximum atomic E-state index is 11.9. The van der Waals surface area contributed by atoms with Crippen molar-refractivity contribution in [2.75, 3.05) is 6.54 Å². The number of hydrogen-bond acceptors (Lipinski definition) is 2. The highest BCUT2D eigenvalue weighted by Gasteiger charge is 2.09. The van der Waals surface area contributed by atoms with E-state index in [0.29, 0.717) is 5.56 Å². The molecule has 0 aliphatic carbocycles. The minimum Gasteiger partial charge on any atom is -0.352 e. The molecule has 0 fully saturated rings. The Morgan fingerprint density at radius 3 is 2.53 bits per heavy atom. The standard InChI is InChI=1S/C13H12N2O2/c14-13(17)15-8-12(16)11-7-3-5-9-4-1-2-6-10(9)11/h1-7H,8H2,(H3,14,15,17). The van der Waals surface area contributed by atoms with Crippen molar-refractivity contribution in [2.24, 2.45) is 5.73 Å². The van der Waals surface area contributed by atoms with Gasteiger partial charge in [-0.15, -0.1) is 0 Å². The van der Waals surface area contributed by atoms with E-state index < -0.39 is 6.03 Å². The second-order valence-corrected chi connectivity index (χ2v) is 3.67. The van der Waals surface area contributed by atoms with Crippen molar-refractivity contribution in [2.45, 2.75) is 0 Å². The molecule has 0 bridgehead atoms. The predicted molar refractivity (Wildman–Crippen MR) is 65.9 cm³/mol. The van der Waals surface area contributed by atoms with E-state index in [2.05, 4.69) is 5.32 Å². The van der Waals surface area contributed by atoms with Crippen LogP contribution in [-0.4, -0.2) is 18.4 Å². The first kappa shape index (κ1) is 11.1. The van der Waals surface area contributed by atoms with E-state index in [4.69, 9.17) is 5.73 Å². The summed E-state index contributed by atoms with van der Waals surface area (Å²) in [7, 11) is 0. The number of carbonyl (C=O) groups is 2. The summed E-state index contributed by atoms with van der Waals surface area (Å²) in [6.07, 6.45) is 0. The maximum absolute atomic E-state index is 11.9. The zero-order valence-electron chi connectivity index (χ0n) is 9.14. The SMILES string of the molecule is NC(=O)NCC(=O)c1cccc2ccccc12. The van der Waals surface area contributed by atoms with Crippen LogP contribution in [0.2, 0.25) is 0 Å². The van der Waals surface area contributed by atoms with E-state index in [-0.39, 0.29) is 12.3 Å². The van der Waals surface area contributed by atoms with Crippen LogP contribution in [0.3, 0.4) is 0 Å². The van der Waals surface area contributed by atoms with Gasteiger partial charge in [0.2, 0.25) is 0 Å². The largest absolute Gasteiger partial charge is 0.352 e. The van der Waals surface area contributed by atoms with E-state index >= 15 is 0 Å². The molecule has 4 nitrogen and oxygen atoms in total. The van der Waals surface area contributed by atoms with E-state index in [1.165, 1.54) is 0 Å². The summed E-state index contributed by atoms with van der Waals surface area (Å²) >= 11 is 0. The Kier molecular flexibility index (Phi) is 3.05. The molecule has 17 heavy (non-hydrogen) atoms. The fourth-order valence-electron chi connectivity index (χ4n) is 1.73. The average Bonchev–Trinajstić information content (AvgIpc) is 2.35. The van der Waals surface area contributed by atoms with E-state index in [9.17, 15) is 9.59 Å². The highest BCUT2D eigenvalue weighted by Crippen LogP contribution is 2.18. The molecule has 0 atom stereocenters. The summed E-state index contributed by atoms with van der Waals surface area (Å²) in [5.41, 5.74) is 5.52. The number of Topliss-reactive ketones (excluding diaryl/α,β-unsaturated/α-hetero) is 1. The lowest BCUT2D eigenvalue weighted by Crippen LogP contribution is -2.33. The lowest BCUT2D eigenvalue weighted by Gasteiger charge is -2.05. The van der Waals surface area contributed by atoms with Crippen LogP contribution in [0.25, 0.3) is 10.8 Å². The molecule has 0 saturated carbocycles. The number of carbonyl (C=O) groups excluding carboxylic acids is 2. The van der Waals surface area contributed by atoms with Gasteiger partial charge in [-0.2, -0.15) is 0 Å². The van der Waals surface area contributed by atoms with Crippen molar-refractivity contribution in [3.8, 4) is 0 Å². The average molecular weight is 228 g/mol. The molecule has 4 heteroatoms. The van der Waals surface area contributed by atoms with Crippen molar-refractivity contribution >= 4 is 22.6 Å². The van der Waals surface area contributed by atoms with Gasteiger partial charge in [-0.25, -0.2) is 4.79 Å². The van der Waals surface area contributed by atoms with Gasteiger partial charge in [0.25, 0.3) is 0 Å². The van der Waals surface area contributed by atoms with Crippen LogP contribution >= 0.6 is 0 Å². The fraction of sp³-hybridized carbons (Fsp3) is 0.0769. The first-order valence-corrected chi connectivity index (χ1v) is 5.23. The second-order valence-electron chi connectivity index (χ2n) is 3.67. The minimum absolute atomic E-state index is 0.0800. The van der Waals surface area contributed by atoms with Gasteiger partial charge < -0.3 is 11.1 Å². The third-order valence-electron chi connectivity index (χ3n) is 2.51. The van der Waals surface area contributed by atoms with Gasteiger partial charge in [0.15, 0.2) is 5.78 Å². The van der Waals surface area contributed by atoms with Gasteiger partial charge >= 0.3 is 6.03 Å². The van der Waals surface area contributed by atoms with Gasteiger partial charge in [-0.3, -0.25) is 4.79 Å². The molecule has 2 amide bonds. The number of ketones is 1. The van der Waals surface area contributed by atoms with Gasteiger partial charge in [-0.05, 0) is 10.8 Å². The number of amides is 2. The maximum Gasteiger partial charge on any atom is 0.312 e. The van der Waals surface area contributed by atoms with Crippen molar-refractivity contribution in [1.82, 2.24) is 5.32 Å². The van der Waals surface area contributed by atoms with Crippen LogP contribution in [0.4, 0.5) is 4.79 Å². The Hall–Kier alpha value is -2.36. The molecular formula is C13H12N2O2. The number of primary amides is 1. The third kappa shape index (κ3) is 2.42.